The molecule has 2 fully saturated rings. The van der Waals surface area contributed by atoms with Crippen molar-refractivity contribution in [1.82, 2.24) is 10.2 Å². The second-order valence-corrected chi connectivity index (χ2v) is 19.2. The standard InChI is InChI=1S/C40H50N2O6Si/c1-9-46-37(44)34(41-36(43)35(39(5)28-47-39)48-49(7,8)38(2,3)4)22-16-21-32-27-42(32)40(29-17-12-10-13-18-29,30-19-14-11-15-20-30)31-23-25-33(45-6)26-24-31/h10-26,32,35H,9,27-28H2,1-8H3,(H,41,43)/b21-16+,34-22-/t32-,35-,39+,42?/m1/s1. The van der Waals surface area contributed by atoms with E-state index in [-0.39, 0.29) is 23.4 Å². The summed E-state index contributed by atoms with van der Waals surface area (Å²) in [5.74, 6) is -0.238. The predicted molar refractivity (Wildman–Crippen MR) is 195 cm³/mol. The minimum absolute atomic E-state index is 0.0475. The van der Waals surface area contributed by atoms with Crippen molar-refractivity contribution in [3.63, 3.8) is 0 Å². The molecule has 260 valence electrons. The van der Waals surface area contributed by atoms with E-state index in [0.717, 1.165) is 29.0 Å². The summed E-state index contributed by atoms with van der Waals surface area (Å²) >= 11 is 0. The number of hydrogen-bond acceptors (Lipinski definition) is 7. The number of nitrogens with one attached hydrogen (secondary N) is 1. The van der Waals surface area contributed by atoms with Gasteiger partial charge in [0.2, 0.25) is 0 Å². The molecule has 1 amide bonds. The molecular weight excluding hydrogens is 633 g/mol. The Bertz CT molecular complexity index is 1620. The normalized spacial score (nSPS) is 21.6. The lowest BCUT2D eigenvalue weighted by Gasteiger charge is -2.39. The SMILES string of the molecule is CCOC(=O)/C(=C/C=C/[C@@H]1CN1C(c1ccccc1)(c1ccccc1)c1ccc(OC)cc1)NC(=O)[C@@H](O[Si](C)(C)C(C)(C)C)[C@]1(C)CO1. The molecule has 0 spiro atoms. The quantitative estimate of drug-likeness (QED) is 0.0491. The van der Waals surface area contributed by atoms with E-state index < -0.39 is 37.4 Å². The number of amides is 1. The first-order valence-electron chi connectivity index (χ1n) is 17.0. The van der Waals surface area contributed by atoms with Crippen LogP contribution in [-0.4, -0.2) is 69.7 Å². The van der Waals surface area contributed by atoms with Gasteiger partial charge in [-0.2, -0.15) is 0 Å². The average Bonchev–Trinajstić information content (AvgIpc) is 4.02. The highest BCUT2D eigenvalue weighted by atomic mass is 28.4. The van der Waals surface area contributed by atoms with Crippen LogP contribution in [0.3, 0.4) is 0 Å². The zero-order valence-electron chi connectivity index (χ0n) is 30.0. The van der Waals surface area contributed by atoms with Crippen molar-refractivity contribution in [3.8, 4) is 5.75 Å². The lowest BCUT2D eigenvalue weighted by Crippen LogP contribution is -2.53. The van der Waals surface area contributed by atoms with Crippen molar-refractivity contribution >= 4 is 20.2 Å². The largest absolute Gasteiger partial charge is 0.497 e. The molecule has 0 saturated carbocycles. The Hall–Kier alpha value is -4.02. The van der Waals surface area contributed by atoms with Crippen LogP contribution in [0.25, 0.3) is 0 Å². The predicted octanol–water partition coefficient (Wildman–Crippen LogP) is 6.97. The summed E-state index contributed by atoms with van der Waals surface area (Å²) in [4.78, 5) is 29.3. The Balaban J connectivity index is 1.46. The molecule has 3 aromatic rings. The molecule has 2 saturated heterocycles. The van der Waals surface area contributed by atoms with E-state index in [4.69, 9.17) is 18.6 Å². The molecule has 1 N–H and O–H groups in total. The maximum absolute atomic E-state index is 13.8. The maximum Gasteiger partial charge on any atom is 0.354 e. The molecule has 4 atom stereocenters. The molecule has 3 aromatic carbocycles. The van der Waals surface area contributed by atoms with Gasteiger partial charge in [0.25, 0.3) is 5.91 Å². The van der Waals surface area contributed by atoms with Crippen LogP contribution >= 0.6 is 0 Å². The smallest absolute Gasteiger partial charge is 0.354 e. The lowest BCUT2D eigenvalue weighted by atomic mass is 9.76. The molecule has 2 aliphatic rings. The molecule has 2 heterocycles. The van der Waals surface area contributed by atoms with Crippen LogP contribution in [0.2, 0.25) is 18.1 Å². The van der Waals surface area contributed by atoms with Crippen LogP contribution in [0.5, 0.6) is 5.75 Å². The molecule has 0 radical (unpaired) electrons. The van der Waals surface area contributed by atoms with E-state index in [9.17, 15) is 9.59 Å². The first-order chi connectivity index (χ1) is 23.3. The Morgan fingerprint density at radius 3 is 2.02 bits per heavy atom. The number of benzene rings is 3. The van der Waals surface area contributed by atoms with Crippen molar-refractivity contribution in [2.75, 3.05) is 26.9 Å². The summed E-state index contributed by atoms with van der Waals surface area (Å²) in [5.41, 5.74) is 2.11. The fourth-order valence-corrected chi connectivity index (χ4v) is 7.23. The highest BCUT2D eigenvalue weighted by molar-refractivity contribution is 6.74. The number of esters is 1. The van der Waals surface area contributed by atoms with E-state index in [1.165, 1.54) is 0 Å². The van der Waals surface area contributed by atoms with Crippen molar-refractivity contribution in [2.45, 2.75) is 76.0 Å². The minimum atomic E-state index is -2.34. The van der Waals surface area contributed by atoms with Crippen molar-refractivity contribution in [2.24, 2.45) is 0 Å². The molecule has 2 aliphatic heterocycles. The molecule has 49 heavy (non-hydrogen) atoms. The number of ether oxygens (including phenoxy) is 3. The van der Waals surface area contributed by atoms with Crippen LogP contribution in [0.15, 0.2) is 109 Å². The minimum Gasteiger partial charge on any atom is -0.497 e. The van der Waals surface area contributed by atoms with Gasteiger partial charge >= 0.3 is 5.97 Å². The van der Waals surface area contributed by atoms with Gasteiger partial charge < -0.3 is 24.0 Å². The molecule has 5 rings (SSSR count). The number of carbonyl (C=O) groups excluding carboxylic acids is 2. The fraction of sp³-hybridized carbons (Fsp3) is 0.400. The molecule has 9 heteroatoms. The topological polar surface area (TPSA) is 89.4 Å². The van der Waals surface area contributed by atoms with E-state index >= 15 is 0 Å². The van der Waals surface area contributed by atoms with E-state index in [1.54, 1.807) is 20.1 Å². The molecule has 0 aromatic heterocycles. The summed E-state index contributed by atoms with van der Waals surface area (Å²) in [6, 6.07) is 29.3. The van der Waals surface area contributed by atoms with Gasteiger partial charge in [0, 0.05) is 12.6 Å². The van der Waals surface area contributed by atoms with Gasteiger partial charge in [-0.25, -0.2) is 4.79 Å². The van der Waals surface area contributed by atoms with Crippen LogP contribution in [0.1, 0.15) is 51.3 Å². The number of rotatable bonds is 14. The maximum atomic E-state index is 13.8. The highest BCUT2D eigenvalue weighted by Gasteiger charge is 2.55. The van der Waals surface area contributed by atoms with Gasteiger partial charge in [0.05, 0.1) is 25.9 Å². The van der Waals surface area contributed by atoms with Crippen LogP contribution in [-0.2, 0) is 29.0 Å². The van der Waals surface area contributed by atoms with Gasteiger partial charge in [0.1, 0.15) is 17.0 Å². The number of epoxide rings is 1. The van der Waals surface area contributed by atoms with Crippen LogP contribution < -0.4 is 10.1 Å². The van der Waals surface area contributed by atoms with Gasteiger partial charge in [-0.05, 0) is 66.9 Å². The third-order valence-electron chi connectivity index (χ3n) is 9.93. The second-order valence-electron chi connectivity index (χ2n) is 14.4. The van der Waals surface area contributed by atoms with Gasteiger partial charge in [-0.15, -0.1) is 0 Å². The van der Waals surface area contributed by atoms with Crippen LogP contribution in [0, 0.1) is 0 Å². The monoisotopic (exact) mass is 682 g/mol. The first kappa shape index (κ1) is 36.3. The number of methoxy groups -OCH3 is 1. The molecule has 0 aliphatic carbocycles. The summed E-state index contributed by atoms with van der Waals surface area (Å²) in [6.07, 6.45) is 4.64. The van der Waals surface area contributed by atoms with E-state index in [2.05, 4.69) is 111 Å². The zero-order valence-corrected chi connectivity index (χ0v) is 31.0. The van der Waals surface area contributed by atoms with Gasteiger partial charge in [-0.3, -0.25) is 9.69 Å². The second kappa shape index (κ2) is 14.4. The van der Waals surface area contributed by atoms with E-state index in [1.807, 2.05) is 37.3 Å². The fourth-order valence-electron chi connectivity index (χ4n) is 5.93. The number of hydrogen-bond donors (Lipinski definition) is 1. The summed E-state index contributed by atoms with van der Waals surface area (Å²) in [7, 11) is -0.674. The number of carbonyl (C=O) groups is 2. The number of nitrogens with zero attached hydrogens (tertiary/aromatic N) is 1. The van der Waals surface area contributed by atoms with Crippen LogP contribution in [0.4, 0.5) is 0 Å². The Labute approximate surface area is 292 Å². The third-order valence-corrected chi connectivity index (χ3v) is 14.4. The molecule has 1 unspecified atom stereocenters. The highest BCUT2D eigenvalue weighted by Crippen LogP contribution is 2.49. The van der Waals surface area contributed by atoms with E-state index in [0.29, 0.717) is 6.61 Å². The first-order valence-corrected chi connectivity index (χ1v) is 19.9. The molecular formula is C40H50N2O6Si. The Kier molecular flexibility index (Phi) is 10.7. The summed E-state index contributed by atoms with van der Waals surface area (Å²) in [5, 5.41) is 2.72. The molecule has 8 nitrogen and oxygen atoms in total. The average molecular weight is 683 g/mol. The Morgan fingerprint density at radius 1 is 0.980 bits per heavy atom. The lowest BCUT2D eigenvalue weighted by molar-refractivity contribution is -0.141. The summed E-state index contributed by atoms with van der Waals surface area (Å²) in [6.45, 7) is 15.5. The van der Waals surface area contributed by atoms with Gasteiger partial charge in [0.15, 0.2) is 14.4 Å². The Morgan fingerprint density at radius 2 is 1.53 bits per heavy atom. The van der Waals surface area contributed by atoms with Crippen molar-refractivity contribution in [1.29, 1.82) is 0 Å². The zero-order chi connectivity index (χ0) is 35.5. The third kappa shape index (κ3) is 7.75. The molecule has 0 bridgehead atoms. The van der Waals surface area contributed by atoms with Crippen molar-refractivity contribution in [3.05, 3.63) is 126 Å². The summed E-state index contributed by atoms with van der Waals surface area (Å²) < 4.78 is 23.1. The van der Waals surface area contributed by atoms with Gasteiger partial charge in [-0.1, -0.05) is 106 Å². The van der Waals surface area contributed by atoms with Crippen molar-refractivity contribution < 1.29 is 28.2 Å². The number of allylic oxidation sites excluding steroid dienone is 2.